The summed E-state index contributed by atoms with van der Waals surface area (Å²) >= 11 is 3.28. The zero-order chi connectivity index (χ0) is 17.1. The molecular formula is C16H16BrClN4O3. The average Bonchev–Trinajstić information content (AvgIpc) is 2.61. The number of carbonyl (C=O) groups excluding carboxylic acids is 1. The number of rotatable bonds is 3. The van der Waals surface area contributed by atoms with Gasteiger partial charge >= 0.3 is 0 Å². The number of non-ortho nitro benzene ring substituents is 1. The lowest BCUT2D eigenvalue weighted by Crippen LogP contribution is -2.48. The maximum Gasteiger partial charge on any atom is 0.270 e. The fourth-order valence-corrected chi connectivity index (χ4v) is 3.30. The van der Waals surface area contributed by atoms with E-state index in [0.29, 0.717) is 29.7 Å². The van der Waals surface area contributed by atoms with Crippen LogP contribution in [0.5, 0.6) is 0 Å². The number of amides is 1. The van der Waals surface area contributed by atoms with E-state index in [-0.39, 0.29) is 30.0 Å². The second kappa shape index (κ2) is 8.37. The van der Waals surface area contributed by atoms with Crippen LogP contribution in [0.3, 0.4) is 0 Å². The van der Waals surface area contributed by atoms with Crippen molar-refractivity contribution in [3.05, 3.63) is 68.4 Å². The lowest BCUT2D eigenvalue weighted by atomic mass is 10.0. The Morgan fingerprint density at radius 3 is 2.84 bits per heavy atom. The molecule has 0 radical (unpaired) electrons. The van der Waals surface area contributed by atoms with Gasteiger partial charge in [-0.25, -0.2) is 0 Å². The van der Waals surface area contributed by atoms with Crippen LogP contribution in [0.25, 0.3) is 0 Å². The quantitative estimate of drug-likeness (QED) is 0.601. The van der Waals surface area contributed by atoms with Gasteiger partial charge in [-0.2, -0.15) is 0 Å². The number of pyridine rings is 1. The Balaban J connectivity index is 0.00000225. The Labute approximate surface area is 159 Å². The Morgan fingerprint density at radius 2 is 2.20 bits per heavy atom. The molecule has 1 aliphatic rings. The van der Waals surface area contributed by atoms with Crippen LogP contribution in [-0.4, -0.2) is 40.3 Å². The van der Waals surface area contributed by atoms with Crippen molar-refractivity contribution in [1.82, 2.24) is 15.2 Å². The molecule has 1 atom stereocenters. The van der Waals surface area contributed by atoms with Gasteiger partial charge in [-0.15, -0.1) is 12.4 Å². The van der Waals surface area contributed by atoms with E-state index < -0.39 is 4.92 Å². The van der Waals surface area contributed by atoms with E-state index in [0.717, 1.165) is 5.56 Å². The van der Waals surface area contributed by atoms with Crippen molar-refractivity contribution < 1.29 is 9.72 Å². The number of nitro benzene ring substituents is 1. The number of halogens is 2. The molecule has 132 valence electrons. The van der Waals surface area contributed by atoms with Crippen LogP contribution in [-0.2, 0) is 0 Å². The van der Waals surface area contributed by atoms with Crippen molar-refractivity contribution in [2.24, 2.45) is 0 Å². The zero-order valence-corrected chi connectivity index (χ0v) is 15.5. The standard InChI is InChI=1S/C16H15BrN4O3.ClH/c17-14-8-12(21(23)24)3-4-13(14)16(22)20-7-6-19-10-15(20)11-2-1-5-18-9-11;/h1-5,8-9,15,19H,6-7,10H2;1H. The molecule has 1 aromatic carbocycles. The molecule has 3 rings (SSSR count). The Bertz CT molecular complexity index is 775. The first-order chi connectivity index (χ1) is 11.6. The summed E-state index contributed by atoms with van der Waals surface area (Å²) in [5, 5.41) is 14.1. The fraction of sp³-hybridized carbons (Fsp3) is 0.250. The normalized spacial score (nSPS) is 16.8. The van der Waals surface area contributed by atoms with Crippen LogP contribution >= 0.6 is 28.3 Å². The minimum atomic E-state index is -0.484. The largest absolute Gasteiger partial charge is 0.329 e. The SMILES string of the molecule is Cl.O=C(c1ccc([N+](=O)[O-])cc1Br)N1CCNCC1c1cccnc1. The number of carbonyl (C=O) groups is 1. The molecule has 0 saturated carbocycles. The monoisotopic (exact) mass is 426 g/mol. The lowest BCUT2D eigenvalue weighted by Gasteiger charge is -2.36. The second-order valence-electron chi connectivity index (χ2n) is 5.43. The topological polar surface area (TPSA) is 88.4 Å². The van der Waals surface area contributed by atoms with Crippen LogP contribution < -0.4 is 5.32 Å². The van der Waals surface area contributed by atoms with E-state index in [4.69, 9.17) is 0 Å². The Morgan fingerprint density at radius 1 is 1.40 bits per heavy atom. The van der Waals surface area contributed by atoms with E-state index in [1.54, 1.807) is 17.3 Å². The highest BCUT2D eigenvalue weighted by Gasteiger charge is 2.30. The summed E-state index contributed by atoms with van der Waals surface area (Å²) in [6, 6.07) is 7.85. The van der Waals surface area contributed by atoms with Gasteiger partial charge in [0.05, 0.1) is 16.5 Å². The maximum absolute atomic E-state index is 13.0. The summed E-state index contributed by atoms with van der Waals surface area (Å²) in [6.45, 7) is 1.90. The molecule has 1 amide bonds. The highest BCUT2D eigenvalue weighted by molar-refractivity contribution is 9.10. The first-order valence-electron chi connectivity index (χ1n) is 7.43. The minimum Gasteiger partial charge on any atom is -0.329 e. The van der Waals surface area contributed by atoms with Crippen molar-refractivity contribution in [3.8, 4) is 0 Å². The summed E-state index contributed by atoms with van der Waals surface area (Å²) in [7, 11) is 0. The van der Waals surface area contributed by atoms with Crippen LogP contribution in [0.2, 0.25) is 0 Å². The molecule has 0 spiro atoms. The molecule has 25 heavy (non-hydrogen) atoms. The molecule has 1 aliphatic heterocycles. The lowest BCUT2D eigenvalue weighted by molar-refractivity contribution is -0.384. The van der Waals surface area contributed by atoms with E-state index in [1.165, 1.54) is 18.2 Å². The van der Waals surface area contributed by atoms with Crippen molar-refractivity contribution in [1.29, 1.82) is 0 Å². The number of nitrogens with one attached hydrogen (secondary N) is 1. The molecule has 1 unspecified atom stereocenters. The van der Waals surface area contributed by atoms with Crippen LogP contribution in [0, 0.1) is 10.1 Å². The molecule has 2 aromatic rings. The van der Waals surface area contributed by atoms with Gasteiger partial charge in [-0.3, -0.25) is 19.9 Å². The van der Waals surface area contributed by atoms with Gasteiger partial charge in [0, 0.05) is 48.6 Å². The summed E-state index contributed by atoms with van der Waals surface area (Å²) in [6.07, 6.45) is 3.45. The van der Waals surface area contributed by atoms with Gasteiger partial charge in [0.25, 0.3) is 11.6 Å². The summed E-state index contributed by atoms with van der Waals surface area (Å²) in [4.78, 5) is 29.2. The third-order valence-electron chi connectivity index (χ3n) is 3.97. The van der Waals surface area contributed by atoms with Gasteiger partial charge in [-0.05, 0) is 33.6 Å². The summed E-state index contributed by atoms with van der Waals surface area (Å²) in [5.41, 5.74) is 1.31. The van der Waals surface area contributed by atoms with Crippen molar-refractivity contribution in [2.45, 2.75) is 6.04 Å². The van der Waals surface area contributed by atoms with E-state index in [9.17, 15) is 14.9 Å². The first-order valence-corrected chi connectivity index (χ1v) is 8.23. The minimum absolute atomic E-state index is 0. The summed E-state index contributed by atoms with van der Waals surface area (Å²) in [5.74, 6) is -0.160. The van der Waals surface area contributed by atoms with Crippen molar-refractivity contribution in [3.63, 3.8) is 0 Å². The summed E-state index contributed by atoms with van der Waals surface area (Å²) < 4.78 is 0.421. The third kappa shape index (κ3) is 4.15. The molecule has 1 N–H and O–H groups in total. The fourth-order valence-electron chi connectivity index (χ4n) is 2.76. The van der Waals surface area contributed by atoms with Gasteiger partial charge < -0.3 is 10.2 Å². The molecule has 0 aliphatic carbocycles. The van der Waals surface area contributed by atoms with E-state index >= 15 is 0 Å². The highest BCUT2D eigenvalue weighted by Crippen LogP contribution is 2.28. The van der Waals surface area contributed by atoms with Crippen molar-refractivity contribution >= 4 is 39.9 Å². The van der Waals surface area contributed by atoms with Gasteiger partial charge in [0.15, 0.2) is 0 Å². The molecule has 1 aromatic heterocycles. The molecule has 1 saturated heterocycles. The molecule has 7 nitrogen and oxygen atoms in total. The Hall–Kier alpha value is -2.03. The first kappa shape index (κ1) is 19.3. The van der Waals surface area contributed by atoms with Crippen LogP contribution in [0.15, 0.2) is 47.2 Å². The van der Waals surface area contributed by atoms with Gasteiger partial charge in [0.1, 0.15) is 0 Å². The second-order valence-corrected chi connectivity index (χ2v) is 6.28. The zero-order valence-electron chi connectivity index (χ0n) is 13.1. The number of benzene rings is 1. The number of hydrogen-bond donors (Lipinski definition) is 1. The number of nitrogens with zero attached hydrogens (tertiary/aromatic N) is 3. The highest BCUT2D eigenvalue weighted by atomic mass is 79.9. The molecule has 1 fully saturated rings. The molecule has 0 bridgehead atoms. The van der Waals surface area contributed by atoms with E-state index in [1.807, 2.05) is 12.1 Å². The average molecular weight is 428 g/mol. The molecular weight excluding hydrogens is 412 g/mol. The predicted molar refractivity (Wildman–Crippen MR) is 98.9 cm³/mol. The van der Waals surface area contributed by atoms with Gasteiger partial charge in [0.2, 0.25) is 0 Å². The Kier molecular flexibility index (Phi) is 6.46. The van der Waals surface area contributed by atoms with Crippen LogP contribution in [0.4, 0.5) is 5.69 Å². The van der Waals surface area contributed by atoms with Crippen molar-refractivity contribution in [2.75, 3.05) is 19.6 Å². The molecule has 2 heterocycles. The number of aromatic nitrogens is 1. The smallest absolute Gasteiger partial charge is 0.270 e. The number of nitro groups is 1. The molecule has 9 heteroatoms. The van der Waals surface area contributed by atoms with E-state index in [2.05, 4.69) is 26.2 Å². The number of hydrogen-bond acceptors (Lipinski definition) is 5. The van der Waals surface area contributed by atoms with Gasteiger partial charge in [-0.1, -0.05) is 6.07 Å². The predicted octanol–water partition coefficient (Wildman–Crippen LogP) is 2.96. The number of piperazine rings is 1. The van der Waals surface area contributed by atoms with Crippen LogP contribution in [0.1, 0.15) is 22.0 Å². The third-order valence-corrected chi connectivity index (χ3v) is 4.62. The maximum atomic E-state index is 13.0.